The molecule has 2 aliphatic heterocycles. The van der Waals surface area contributed by atoms with E-state index in [1.54, 1.807) is 0 Å². The highest BCUT2D eigenvalue weighted by molar-refractivity contribution is 6.14. The van der Waals surface area contributed by atoms with E-state index in [4.69, 9.17) is 14.7 Å². The largest absolute Gasteiger partial charge is 0.456 e. The van der Waals surface area contributed by atoms with Crippen molar-refractivity contribution in [2.24, 2.45) is 9.98 Å². The van der Waals surface area contributed by atoms with Crippen LogP contribution in [0.5, 0.6) is 11.5 Å². The topological polar surface area (TPSA) is 34.0 Å². The van der Waals surface area contributed by atoms with Crippen LogP contribution in [-0.4, -0.2) is 11.5 Å². The number of para-hydroxylation sites is 2. The highest BCUT2D eigenvalue weighted by Gasteiger charge is 2.51. The maximum Gasteiger partial charge on any atom is 0.155 e. The molecular weight excluding hydrogens is 753 g/mol. The number of amidine groups is 1. The molecule has 2 heterocycles. The molecule has 0 radical (unpaired) electrons. The van der Waals surface area contributed by atoms with Gasteiger partial charge >= 0.3 is 0 Å². The number of rotatable bonds is 6. The summed E-state index contributed by atoms with van der Waals surface area (Å²) in [4.78, 5) is 10.8. The molecule has 9 aromatic carbocycles. The molecule has 12 rings (SSSR count). The molecule has 1 aliphatic carbocycles. The summed E-state index contributed by atoms with van der Waals surface area (Å²) < 4.78 is 6.99. The Hall–Kier alpha value is -7.88. The van der Waals surface area contributed by atoms with Crippen molar-refractivity contribution in [2.45, 2.75) is 17.9 Å². The van der Waals surface area contributed by atoms with Crippen molar-refractivity contribution < 1.29 is 4.74 Å². The van der Waals surface area contributed by atoms with Crippen molar-refractivity contribution in [3.8, 4) is 56.0 Å². The lowest BCUT2D eigenvalue weighted by molar-refractivity contribution is 0.438. The van der Waals surface area contributed by atoms with Crippen molar-refractivity contribution in [3.05, 3.63) is 263 Å². The monoisotopic (exact) mass is 792 g/mol. The van der Waals surface area contributed by atoms with Gasteiger partial charge in [0.15, 0.2) is 5.84 Å². The second kappa shape index (κ2) is 14.7. The van der Waals surface area contributed by atoms with E-state index in [1.807, 2.05) is 0 Å². The Morgan fingerprint density at radius 3 is 1.61 bits per heavy atom. The zero-order chi connectivity index (χ0) is 41.0. The van der Waals surface area contributed by atoms with Gasteiger partial charge < -0.3 is 4.74 Å². The summed E-state index contributed by atoms with van der Waals surface area (Å²) in [5.41, 5.74) is 18.0. The lowest BCUT2D eigenvalue weighted by atomic mass is 9.65. The Balaban J connectivity index is 0.966. The molecule has 0 bridgehead atoms. The van der Waals surface area contributed by atoms with Crippen LogP contribution in [0.4, 0.5) is 0 Å². The zero-order valence-electron chi connectivity index (χ0n) is 33.9. The van der Waals surface area contributed by atoms with Gasteiger partial charge in [0.25, 0.3) is 0 Å². The van der Waals surface area contributed by atoms with E-state index in [0.29, 0.717) is 6.42 Å². The second-order valence-electron chi connectivity index (χ2n) is 16.4. The van der Waals surface area contributed by atoms with Crippen LogP contribution in [0.25, 0.3) is 44.5 Å². The van der Waals surface area contributed by atoms with E-state index in [1.165, 1.54) is 55.6 Å². The number of hydrogen-bond acceptors (Lipinski definition) is 3. The van der Waals surface area contributed by atoms with E-state index in [9.17, 15) is 0 Å². The normalized spacial score (nSPS) is 15.3. The average Bonchev–Trinajstić information content (AvgIpc) is 3.65. The Labute approximate surface area is 362 Å². The molecule has 1 unspecified atom stereocenters. The third-order valence-electron chi connectivity index (χ3n) is 12.9. The van der Waals surface area contributed by atoms with E-state index < -0.39 is 5.41 Å². The van der Waals surface area contributed by atoms with Gasteiger partial charge in [-0.25, -0.2) is 4.99 Å². The molecule has 62 heavy (non-hydrogen) atoms. The molecular formula is C59H40N2O. The molecule has 0 saturated heterocycles. The molecule has 0 saturated carbocycles. The lowest BCUT2D eigenvalue weighted by Gasteiger charge is -2.40. The SMILES string of the molecule is c1ccc(-c2cccc(C3=NC(c4ccc(-c5cccc6c5Oc5ccccc5C65c6ccccc6-c6ccccc65)cc4)=NC(c4cccc(-c5ccccc5)c4)C3)c2)cc1. The fourth-order valence-electron chi connectivity index (χ4n) is 10.1. The minimum absolute atomic E-state index is 0.107. The number of fused-ring (bicyclic) bond motifs is 9. The summed E-state index contributed by atoms with van der Waals surface area (Å²) in [6.45, 7) is 0. The first kappa shape index (κ1) is 36.0. The quantitative estimate of drug-likeness (QED) is 0.165. The molecule has 0 N–H and O–H groups in total. The van der Waals surface area contributed by atoms with Gasteiger partial charge in [0.2, 0.25) is 0 Å². The molecule has 1 spiro atoms. The average molecular weight is 793 g/mol. The fourth-order valence-corrected chi connectivity index (χ4v) is 10.1. The van der Waals surface area contributed by atoms with Crippen LogP contribution in [0.1, 0.15) is 51.4 Å². The first-order chi connectivity index (χ1) is 30.7. The smallest absolute Gasteiger partial charge is 0.155 e. The Bertz CT molecular complexity index is 3190. The van der Waals surface area contributed by atoms with Crippen LogP contribution in [0.15, 0.2) is 234 Å². The molecule has 3 nitrogen and oxygen atoms in total. The summed E-state index contributed by atoms with van der Waals surface area (Å²) >= 11 is 0. The fraction of sp³-hybridized carbons (Fsp3) is 0.0508. The number of aliphatic imine (C=N–C) groups is 2. The highest BCUT2D eigenvalue weighted by Crippen LogP contribution is 2.63. The van der Waals surface area contributed by atoms with Crippen molar-refractivity contribution in [1.29, 1.82) is 0 Å². The Morgan fingerprint density at radius 2 is 0.903 bits per heavy atom. The first-order valence-electron chi connectivity index (χ1n) is 21.4. The maximum absolute atomic E-state index is 6.99. The van der Waals surface area contributed by atoms with Crippen LogP contribution in [0.3, 0.4) is 0 Å². The van der Waals surface area contributed by atoms with E-state index >= 15 is 0 Å². The predicted molar refractivity (Wildman–Crippen MR) is 253 cm³/mol. The van der Waals surface area contributed by atoms with Crippen LogP contribution in [0.2, 0.25) is 0 Å². The van der Waals surface area contributed by atoms with Crippen molar-refractivity contribution >= 4 is 11.5 Å². The van der Waals surface area contributed by atoms with Crippen LogP contribution in [0, 0.1) is 0 Å². The molecule has 1 atom stereocenters. The Kier molecular flexibility index (Phi) is 8.53. The number of nitrogens with zero attached hydrogens (tertiary/aromatic N) is 2. The number of hydrogen-bond donors (Lipinski definition) is 0. The zero-order valence-corrected chi connectivity index (χ0v) is 33.9. The molecule has 0 amide bonds. The van der Waals surface area contributed by atoms with E-state index in [-0.39, 0.29) is 6.04 Å². The highest BCUT2D eigenvalue weighted by atomic mass is 16.5. The van der Waals surface area contributed by atoms with E-state index in [0.717, 1.165) is 50.9 Å². The molecule has 3 aliphatic rings. The van der Waals surface area contributed by atoms with Gasteiger partial charge in [-0.2, -0.15) is 0 Å². The summed E-state index contributed by atoms with van der Waals surface area (Å²) in [5, 5.41) is 0. The van der Waals surface area contributed by atoms with Gasteiger partial charge in [-0.05, 0) is 79.4 Å². The van der Waals surface area contributed by atoms with Crippen LogP contribution in [-0.2, 0) is 5.41 Å². The lowest BCUT2D eigenvalue weighted by Crippen LogP contribution is -2.32. The Morgan fingerprint density at radius 1 is 0.387 bits per heavy atom. The summed E-state index contributed by atoms with van der Waals surface area (Å²) in [5.74, 6) is 2.50. The van der Waals surface area contributed by atoms with Crippen molar-refractivity contribution in [1.82, 2.24) is 0 Å². The summed E-state index contributed by atoms with van der Waals surface area (Å²) in [6, 6.07) is 80.3. The van der Waals surface area contributed by atoms with Gasteiger partial charge in [0, 0.05) is 28.7 Å². The summed E-state index contributed by atoms with van der Waals surface area (Å²) in [7, 11) is 0. The van der Waals surface area contributed by atoms with Gasteiger partial charge in [-0.3, -0.25) is 4.99 Å². The van der Waals surface area contributed by atoms with Crippen LogP contribution >= 0.6 is 0 Å². The summed E-state index contributed by atoms with van der Waals surface area (Å²) in [6.07, 6.45) is 0.695. The van der Waals surface area contributed by atoms with E-state index in [2.05, 4.69) is 224 Å². The third kappa shape index (κ3) is 5.81. The van der Waals surface area contributed by atoms with Gasteiger partial charge in [0.05, 0.1) is 17.2 Å². The maximum atomic E-state index is 6.99. The molecule has 0 fully saturated rings. The minimum Gasteiger partial charge on any atom is -0.456 e. The van der Waals surface area contributed by atoms with Gasteiger partial charge in [-0.1, -0.05) is 206 Å². The van der Waals surface area contributed by atoms with Crippen LogP contribution < -0.4 is 4.74 Å². The molecule has 0 aromatic heterocycles. The molecule has 9 aromatic rings. The minimum atomic E-state index is -0.514. The number of ether oxygens (including phenoxy) is 1. The van der Waals surface area contributed by atoms with Crippen molar-refractivity contribution in [3.63, 3.8) is 0 Å². The second-order valence-corrected chi connectivity index (χ2v) is 16.4. The van der Waals surface area contributed by atoms with Gasteiger partial charge in [0.1, 0.15) is 11.5 Å². The van der Waals surface area contributed by atoms with Crippen molar-refractivity contribution in [2.75, 3.05) is 0 Å². The standard InChI is InChI=1S/C59H40N2O/c1-3-16-39(17-4-1)43-20-13-22-45(36-43)54-38-55(46-23-14-21-44(37-46)40-18-5-2-6-19-40)61-58(60-54)42-34-32-41(33-35-42)47-26-15-30-53-57(47)62-56-31-12-11-29-52(56)59(53)50-27-9-7-24-48(50)49-25-8-10-28-51(49)59/h1-37,54H,38H2. The first-order valence-corrected chi connectivity index (χ1v) is 21.4. The molecule has 292 valence electrons. The third-order valence-corrected chi connectivity index (χ3v) is 12.9. The molecule has 3 heteroatoms. The predicted octanol–water partition coefficient (Wildman–Crippen LogP) is 14.5. The number of benzene rings is 9. The van der Waals surface area contributed by atoms with Gasteiger partial charge in [-0.15, -0.1) is 0 Å².